The fraction of sp³-hybridized carbons (Fsp3) is 0.214. The summed E-state index contributed by atoms with van der Waals surface area (Å²) in [6.45, 7) is 3.23. The number of anilines is 1. The molecule has 0 atom stereocenters. The van der Waals surface area contributed by atoms with Gasteiger partial charge in [0.05, 0.1) is 16.8 Å². The molecule has 1 aliphatic rings. The molecule has 0 aliphatic carbocycles. The average Bonchev–Trinajstić information content (AvgIpc) is 2.83. The maximum atomic E-state index is 15.3. The van der Waals surface area contributed by atoms with Crippen molar-refractivity contribution in [2.45, 2.75) is 25.8 Å². The van der Waals surface area contributed by atoms with E-state index in [1.54, 1.807) is 24.4 Å². The summed E-state index contributed by atoms with van der Waals surface area (Å²) in [6.07, 6.45) is 3.25. The monoisotopic (exact) mass is 470 g/mol. The number of fused-ring (bicyclic) bond motifs is 1. The molecule has 35 heavy (non-hydrogen) atoms. The van der Waals surface area contributed by atoms with Crippen LogP contribution in [0.3, 0.4) is 0 Å². The van der Waals surface area contributed by atoms with E-state index in [1.807, 2.05) is 19.1 Å². The van der Waals surface area contributed by atoms with Crippen LogP contribution in [0.4, 0.5) is 14.5 Å². The number of para-hydroxylation sites is 1. The van der Waals surface area contributed by atoms with Crippen molar-refractivity contribution in [2.24, 2.45) is 5.73 Å². The molecule has 0 amide bonds. The molecule has 1 fully saturated rings. The van der Waals surface area contributed by atoms with Gasteiger partial charge in [-0.3, -0.25) is 4.98 Å². The van der Waals surface area contributed by atoms with Crippen LogP contribution in [0.25, 0.3) is 33.2 Å². The Bertz CT molecular complexity index is 1470. The zero-order chi connectivity index (χ0) is 24.7. The number of nitriles is 1. The molecule has 0 spiro atoms. The molecule has 1 aromatic heterocycles. The predicted molar refractivity (Wildman–Crippen MR) is 133 cm³/mol. The van der Waals surface area contributed by atoms with E-state index in [0.717, 1.165) is 29.7 Å². The summed E-state index contributed by atoms with van der Waals surface area (Å²) in [5.41, 5.74) is 10.1. The van der Waals surface area contributed by atoms with E-state index >= 15 is 4.39 Å². The Morgan fingerprint density at radius 1 is 1.06 bits per heavy atom. The number of nitrogens with zero attached hydrogens (tertiary/aromatic N) is 3. The van der Waals surface area contributed by atoms with Crippen LogP contribution in [0.1, 0.15) is 24.0 Å². The van der Waals surface area contributed by atoms with Crippen molar-refractivity contribution in [3.8, 4) is 34.1 Å². The van der Waals surface area contributed by atoms with Crippen molar-refractivity contribution < 1.29 is 13.9 Å². The molecule has 0 unspecified atom stereocenters. The van der Waals surface area contributed by atoms with Gasteiger partial charge < -0.3 is 15.7 Å². The third kappa shape index (κ3) is 4.17. The van der Waals surface area contributed by atoms with Crippen molar-refractivity contribution >= 4 is 16.6 Å². The van der Waals surface area contributed by atoms with E-state index in [0.29, 0.717) is 29.6 Å². The summed E-state index contributed by atoms with van der Waals surface area (Å²) in [5.74, 6) is -1.18. The highest BCUT2D eigenvalue weighted by Crippen LogP contribution is 2.42. The Morgan fingerprint density at radius 3 is 2.54 bits per heavy atom. The lowest BCUT2D eigenvalue weighted by atomic mass is 9.94. The van der Waals surface area contributed by atoms with Crippen LogP contribution in [-0.4, -0.2) is 29.2 Å². The fourth-order valence-corrected chi connectivity index (χ4v) is 4.82. The van der Waals surface area contributed by atoms with E-state index in [1.165, 1.54) is 24.3 Å². The lowest BCUT2D eigenvalue weighted by Gasteiger charge is -2.34. The van der Waals surface area contributed by atoms with Crippen molar-refractivity contribution in [3.05, 3.63) is 77.5 Å². The summed E-state index contributed by atoms with van der Waals surface area (Å²) in [5, 5.41) is 20.6. The van der Waals surface area contributed by atoms with Crippen molar-refractivity contribution in [1.82, 2.24) is 4.98 Å². The Labute approximate surface area is 202 Å². The Kier molecular flexibility index (Phi) is 5.83. The second kappa shape index (κ2) is 8.97. The highest BCUT2D eigenvalue weighted by molar-refractivity contribution is 6.02. The number of pyridine rings is 1. The van der Waals surface area contributed by atoms with Gasteiger partial charge in [-0.2, -0.15) is 5.26 Å². The molecule has 3 N–H and O–H groups in total. The number of aromatic hydroxyl groups is 1. The summed E-state index contributed by atoms with van der Waals surface area (Å²) >= 11 is 0. The number of hydrogen-bond acceptors (Lipinski definition) is 5. The van der Waals surface area contributed by atoms with Gasteiger partial charge in [0.15, 0.2) is 0 Å². The predicted octanol–water partition coefficient (Wildman–Crippen LogP) is 5.66. The summed E-state index contributed by atoms with van der Waals surface area (Å²) in [7, 11) is 0. The summed E-state index contributed by atoms with van der Waals surface area (Å²) in [4.78, 5) is 6.70. The number of piperidine rings is 1. The standard InChI is InChI=1S/C28H24F2N4O/c1-16-9-18(11-19(29)10-16)24-15-33-26-13-25(30)22(21-4-2-3-17(14-31)28(21)35)12-23(26)27(24)34-7-5-20(32)6-8-34/h2-4,9-13,15,20,35H,5-8,32H2,1H3. The molecule has 0 radical (unpaired) electrons. The van der Waals surface area contributed by atoms with E-state index in [2.05, 4.69) is 9.88 Å². The number of aryl methyl sites for hydroxylation is 1. The average molecular weight is 471 g/mol. The molecule has 7 heteroatoms. The molecule has 5 nitrogen and oxygen atoms in total. The molecule has 2 heterocycles. The molecule has 5 rings (SSSR count). The Balaban J connectivity index is 1.80. The van der Waals surface area contributed by atoms with Gasteiger partial charge in [0.2, 0.25) is 0 Å². The number of phenolic OH excluding ortho intramolecular Hbond substituents is 1. The highest BCUT2D eigenvalue weighted by atomic mass is 19.1. The summed E-state index contributed by atoms with van der Waals surface area (Å²) in [6, 6.07) is 14.5. The first-order chi connectivity index (χ1) is 16.9. The first-order valence-corrected chi connectivity index (χ1v) is 11.5. The lowest BCUT2D eigenvalue weighted by Crippen LogP contribution is -2.40. The van der Waals surface area contributed by atoms with Gasteiger partial charge >= 0.3 is 0 Å². The van der Waals surface area contributed by atoms with Gasteiger partial charge in [-0.25, -0.2) is 8.78 Å². The number of halogens is 2. The van der Waals surface area contributed by atoms with Crippen molar-refractivity contribution in [1.29, 1.82) is 5.26 Å². The van der Waals surface area contributed by atoms with Crippen molar-refractivity contribution in [2.75, 3.05) is 18.0 Å². The molecule has 1 aliphatic heterocycles. The Morgan fingerprint density at radius 2 is 1.83 bits per heavy atom. The van der Waals surface area contributed by atoms with E-state index in [9.17, 15) is 14.8 Å². The lowest BCUT2D eigenvalue weighted by molar-refractivity contribution is 0.475. The third-order valence-corrected chi connectivity index (χ3v) is 6.58. The second-order valence-electron chi connectivity index (χ2n) is 9.02. The van der Waals surface area contributed by atoms with Crippen LogP contribution in [-0.2, 0) is 0 Å². The number of phenols is 1. The highest BCUT2D eigenvalue weighted by Gasteiger charge is 2.24. The zero-order valence-corrected chi connectivity index (χ0v) is 19.2. The quantitative estimate of drug-likeness (QED) is 0.404. The fourth-order valence-electron chi connectivity index (χ4n) is 4.82. The molecule has 0 saturated carbocycles. The second-order valence-corrected chi connectivity index (χ2v) is 9.02. The molecule has 3 aromatic carbocycles. The topological polar surface area (TPSA) is 86.2 Å². The van der Waals surface area contributed by atoms with E-state index in [-0.39, 0.29) is 34.3 Å². The van der Waals surface area contributed by atoms with Gasteiger partial charge in [-0.1, -0.05) is 18.2 Å². The van der Waals surface area contributed by atoms with Crippen LogP contribution < -0.4 is 10.6 Å². The van der Waals surface area contributed by atoms with Crippen LogP contribution in [0.15, 0.2) is 54.7 Å². The minimum atomic E-state index is -0.559. The summed E-state index contributed by atoms with van der Waals surface area (Å²) < 4.78 is 29.6. The molecular formula is C28H24F2N4O. The number of benzene rings is 3. The number of hydrogen-bond donors (Lipinski definition) is 2. The maximum absolute atomic E-state index is 15.3. The SMILES string of the molecule is Cc1cc(F)cc(-c2cnc3cc(F)c(-c4cccc(C#N)c4O)cc3c2N2CCC(N)CC2)c1. The van der Waals surface area contributed by atoms with Crippen LogP contribution >= 0.6 is 0 Å². The minimum Gasteiger partial charge on any atom is -0.506 e. The van der Waals surface area contributed by atoms with Gasteiger partial charge in [-0.15, -0.1) is 0 Å². The molecule has 1 saturated heterocycles. The molecule has 176 valence electrons. The molecular weight excluding hydrogens is 446 g/mol. The largest absolute Gasteiger partial charge is 0.506 e. The van der Waals surface area contributed by atoms with Crippen LogP contribution in [0.2, 0.25) is 0 Å². The molecule has 0 bridgehead atoms. The normalized spacial score (nSPS) is 14.3. The number of aromatic nitrogens is 1. The van der Waals surface area contributed by atoms with Crippen molar-refractivity contribution in [3.63, 3.8) is 0 Å². The van der Waals surface area contributed by atoms with Gasteiger partial charge in [0.1, 0.15) is 23.5 Å². The maximum Gasteiger partial charge on any atom is 0.141 e. The van der Waals surface area contributed by atoms with Crippen LogP contribution in [0.5, 0.6) is 5.75 Å². The number of rotatable bonds is 3. The minimum absolute atomic E-state index is 0.0642. The Hall–Kier alpha value is -4.02. The van der Waals surface area contributed by atoms with Gasteiger partial charge in [0, 0.05) is 53.5 Å². The smallest absolute Gasteiger partial charge is 0.141 e. The first kappa shape index (κ1) is 22.8. The van der Waals surface area contributed by atoms with Gasteiger partial charge in [0.25, 0.3) is 0 Å². The molecule has 4 aromatic rings. The first-order valence-electron chi connectivity index (χ1n) is 11.5. The number of nitrogens with two attached hydrogens (primary N) is 1. The van der Waals surface area contributed by atoms with E-state index < -0.39 is 5.82 Å². The van der Waals surface area contributed by atoms with Crippen LogP contribution in [0, 0.1) is 29.9 Å². The zero-order valence-electron chi connectivity index (χ0n) is 19.2. The van der Waals surface area contributed by atoms with E-state index in [4.69, 9.17) is 5.73 Å². The third-order valence-electron chi connectivity index (χ3n) is 6.58. The van der Waals surface area contributed by atoms with Gasteiger partial charge in [-0.05, 0) is 55.2 Å².